The molecule has 0 aliphatic heterocycles. The molecule has 46 nitrogen and oxygen atoms in total. The van der Waals surface area contributed by atoms with Crippen LogP contribution >= 0.6 is 25.3 Å². The Hall–Kier alpha value is -14.9. The van der Waals surface area contributed by atoms with Gasteiger partial charge in [0, 0.05) is 112 Å². The van der Waals surface area contributed by atoms with E-state index in [1.165, 1.54) is 6.20 Å². The van der Waals surface area contributed by atoms with Crippen molar-refractivity contribution in [2.24, 2.45) is 46.6 Å². The first-order chi connectivity index (χ1) is 68.1. The van der Waals surface area contributed by atoms with Crippen LogP contribution in [-0.4, -0.2) is 268 Å². The SMILES string of the molecule is CC(C)C[C@H](NC(=O)[C@H](CC(C)C)NC(=O)[C@H](CC(N)=O)NC(=O)[C@H](CS)NC(=O)[C@@H](NC(=O)[C@H](Cc1c[nH]c2ccccc12)NC(=O)[C@H](CCC(N)=O)NC(=O)CNC(=O)[C@H](Cc1c[nH]c2ccccc12)NC(=O)[C@H](CC(C)C)NC(=O)[C@H](Cc1c[nH]c2ccccc12)NC(=O)[C@H](CC(N)=O)NC(=O)[C@H](CS)NC(=O)[C@@H](NC(=O)[C@H](Cc1c[nH]c2ccccc12)NC(=O)[C@@H](N)CC(=O)O)C(C)C)[C@@H](C)O)C(=O)O. The molecule has 0 fully saturated rings. The number of aliphatic hydroxyl groups is 1. The first-order valence-corrected chi connectivity index (χ1v) is 48.1. The fourth-order valence-corrected chi connectivity index (χ4v) is 16.5. The molecule has 4 aromatic carbocycles. The minimum Gasteiger partial charge on any atom is -0.481 e. The van der Waals surface area contributed by atoms with Crippen molar-refractivity contribution < 1.29 is 111 Å². The predicted octanol–water partition coefficient (Wildman–Crippen LogP) is -2.28. The molecule has 16 atom stereocenters. The molecular formula is C96H129N23O23S2. The topological polar surface area (TPSA) is 750 Å². The van der Waals surface area contributed by atoms with E-state index in [0.29, 0.717) is 65.9 Å². The molecule has 48 heteroatoms. The lowest BCUT2D eigenvalue weighted by Gasteiger charge is -2.28. The molecule has 0 bridgehead atoms. The molecule has 778 valence electrons. The summed E-state index contributed by atoms with van der Waals surface area (Å²) in [6, 6.07) is 2.97. The van der Waals surface area contributed by atoms with Crippen molar-refractivity contribution in [1.82, 2.24) is 99.7 Å². The number of hydrogen-bond donors (Lipinski definition) is 28. The summed E-state index contributed by atoms with van der Waals surface area (Å²) in [6.07, 6.45) is -0.575. The van der Waals surface area contributed by atoms with Gasteiger partial charge in [-0.2, -0.15) is 25.3 Å². The van der Waals surface area contributed by atoms with Gasteiger partial charge >= 0.3 is 11.9 Å². The number of aromatic nitrogens is 4. The van der Waals surface area contributed by atoms with Crippen LogP contribution in [0.3, 0.4) is 0 Å². The van der Waals surface area contributed by atoms with Gasteiger partial charge < -0.3 is 138 Å². The van der Waals surface area contributed by atoms with E-state index < -0.39 is 283 Å². The monoisotopic (exact) mass is 2040 g/mol. The molecule has 0 spiro atoms. The van der Waals surface area contributed by atoms with Gasteiger partial charge in [-0.15, -0.1) is 0 Å². The fraction of sp³-hybridized carbons (Fsp3) is 0.458. The molecular weight excluding hydrogens is 1910 g/mol. The second kappa shape index (κ2) is 54.3. The lowest BCUT2D eigenvalue weighted by atomic mass is 9.99. The van der Waals surface area contributed by atoms with E-state index in [1.54, 1.807) is 171 Å². The Labute approximate surface area is 838 Å². The number of hydrogen-bond acceptors (Lipinski definition) is 24. The largest absolute Gasteiger partial charge is 0.481 e. The quantitative estimate of drug-likeness (QED) is 0.0179. The number of carbonyl (C=O) groups is 20. The van der Waals surface area contributed by atoms with Crippen LogP contribution in [0.1, 0.15) is 136 Å². The third-order valence-electron chi connectivity index (χ3n) is 23.4. The average molecular weight is 2040 g/mol. The maximum atomic E-state index is 15.3. The summed E-state index contributed by atoms with van der Waals surface area (Å²) >= 11 is 8.55. The van der Waals surface area contributed by atoms with Crippen molar-refractivity contribution in [2.45, 2.75) is 236 Å². The highest BCUT2D eigenvalue weighted by Crippen LogP contribution is 2.26. The Morgan fingerprint density at radius 2 is 0.604 bits per heavy atom. The van der Waals surface area contributed by atoms with Gasteiger partial charge in [0.2, 0.25) is 106 Å². The number of aromatic amines is 4. The minimum absolute atomic E-state index is 0.0336. The third kappa shape index (κ3) is 34.2. The van der Waals surface area contributed by atoms with E-state index >= 15 is 9.59 Å². The highest BCUT2D eigenvalue weighted by atomic mass is 32.1. The number of rotatable bonds is 58. The maximum Gasteiger partial charge on any atom is 0.326 e. The summed E-state index contributed by atoms with van der Waals surface area (Å²) in [5, 5.41) is 70.4. The lowest BCUT2D eigenvalue weighted by Crippen LogP contribution is -2.62. The Kier molecular flexibility index (Phi) is 43.1. The Bertz CT molecular complexity index is 5970. The van der Waals surface area contributed by atoms with Crippen molar-refractivity contribution in [1.29, 1.82) is 0 Å². The molecule has 30 N–H and O–H groups in total. The zero-order valence-corrected chi connectivity index (χ0v) is 82.7. The molecule has 0 radical (unpaired) electrons. The van der Waals surface area contributed by atoms with Crippen molar-refractivity contribution in [3.05, 3.63) is 144 Å². The van der Waals surface area contributed by atoms with Crippen LogP contribution in [0.5, 0.6) is 0 Å². The number of carbonyl (C=O) groups excluding carboxylic acids is 18. The lowest BCUT2D eigenvalue weighted by molar-refractivity contribution is -0.143. The molecule has 8 rings (SSSR count). The van der Waals surface area contributed by atoms with E-state index in [1.807, 2.05) is 0 Å². The molecule has 0 unspecified atom stereocenters. The molecule has 0 aliphatic rings. The number of carboxylic acids is 2. The molecule has 4 aromatic heterocycles. The van der Waals surface area contributed by atoms with Crippen LogP contribution in [0.15, 0.2) is 122 Å². The number of carboxylic acid groups (broad SMARTS) is 2. The van der Waals surface area contributed by atoms with Crippen LogP contribution in [0.4, 0.5) is 0 Å². The average Bonchev–Trinajstić information content (AvgIpc) is 1.66. The van der Waals surface area contributed by atoms with Crippen molar-refractivity contribution in [2.75, 3.05) is 18.1 Å². The summed E-state index contributed by atoms with van der Waals surface area (Å²) < 4.78 is 0. The summed E-state index contributed by atoms with van der Waals surface area (Å²) in [5.74, 6) is -24.5. The van der Waals surface area contributed by atoms with Crippen LogP contribution < -0.4 is 103 Å². The number of fused-ring (bicyclic) bond motifs is 4. The number of nitrogens with two attached hydrogens (primary N) is 4. The van der Waals surface area contributed by atoms with Crippen LogP contribution in [-0.2, 0) is 122 Å². The second-order valence-electron chi connectivity index (χ2n) is 36.9. The summed E-state index contributed by atoms with van der Waals surface area (Å²) in [7, 11) is 0. The number of H-pyrrole nitrogens is 4. The normalized spacial score (nSPS) is 14.8. The number of benzene rings is 4. The van der Waals surface area contributed by atoms with Gasteiger partial charge in [0.15, 0.2) is 0 Å². The summed E-state index contributed by atoms with van der Waals surface area (Å²) in [6.45, 7) is 13.6. The Balaban J connectivity index is 0.997. The predicted molar refractivity (Wildman–Crippen MR) is 535 cm³/mol. The van der Waals surface area contributed by atoms with Crippen LogP contribution in [0.25, 0.3) is 43.6 Å². The fourth-order valence-electron chi connectivity index (χ4n) is 16.0. The van der Waals surface area contributed by atoms with Gasteiger partial charge in [-0.05, 0) is 103 Å². The molecule has 4 heterocycles. The highest BCUT2D eigenvalue weighted by molar-refractivity contribution is 7.80. The molecule has 0 aliphatic carbocycles. The van der Waals surface area contributed by atoms with Gasteiger partial charge in [0.25, 0.3) is 0 Å². The van der Waals surface area contributed by atoms with Gasteiger partial charge in [-0.25, -0.2) is 4.79 Å². The zero-order chi connectivity index (χ0) is 106. The van der Waals surface area contributed by atoms with Gasteiger partial charge in [-0.3, -0.25) is 91.1 Å². The Morgan fingerprint density at radius 3 is 0.938 bits per heavy atom. The van der Waals surface area contributed by atoms with Gasteiger partial charge in [0.05, 0.1) is 38.0 Å². The number of aliphatic hydroxyl groups excluding tert-OH is 1. The van der Waals surface area contributed by atoms with Crippen molar-refractivity contribution in [3.8, 4) is 0 Å². The highest BCUT2D eigenvalue weighted by Gasteiger charge is 2.41. The maximum absolute atomic E-state index is 15.3. The first kappa shape index (κ1) is 114. The van der Waals surface area contributed by atoms with Crippen molar-refractivity contribution >= 4 is 187 Å². The number of para-hydroxylation sites is 4. The van der Waals surface area contributed by atoms with Crippen LogP contribution in [0.2, 0.25) is 0 Å². The molecule has 8 aromatic rings. The molecule has 18 amide bonds. The van der Waals surface area contributed by atoms with E-state index in [-0.39, 0.29) is 50.4 Å². The standard InChI is InChI=1S/C96H129N23O23S2/c1-45(2)28-64(108-87(132)67(32-51-39-102-60-23-15-11-19-55(51)60)112-89(134)71(37-77(100)123)114-92(137)73(43-143)116-94(139)80(48(7)8)118-90(135)68(107-82(127)58(97)35-79(125)126)33-52-40-103-61-24-16-12-20-56(52)61)85(130)110-66(31-50-38-101-59-22-14-10-18-54(50)59)83(128)105-42-78(124)106-63(26-27-75(98)121)84(129)111-69(34-53-41-104-62-25-17-13-21-57(53)62)91(136)119-81(49(9)120)95(140)117-74(44-144)93(138)113-70(36-76(99)122)88(133)109-65(29-46(3)4)86(131)115-72(96(141)142)30-47(5)6/h10-25,38-41,45-49,58,63-74,80-81,101-104,120,143-144H,26-37,42-44,97H2,1-9H3,(H2,98,121)(H2,99,122)(H2,100,123)(H,105,128)(H,106,124)(H,107,127)(H,108,132)(H,109,133)(H,110,130)(H,111,129)(H,112,134)(H,113,138)(H,114,137)(H,115,131)(H,116,139)(H,117,140)(H,118,135)(H,119,136)(H,125,126)(H,141,142)/t49-,58+,63+,64+,65+,66+,67+,68+,69+,70+,71+,72+,73+,74+,80+,81+/m1/s1. The van der Waals surface area contributed by atoms with Crippen LogP contribution in [0, 0.1) is 23.7 Å². The third-order valence-corrected chi connectivity index (χ3v) is 24.2. The smallest absolute Gasteiger partial charge is 0.326 e. The summed E-state index contributed by atoms with van der Waals surface area (Å²) in [5.41, 5.74) is 27.1. The summed E-state index contributed by atoms with van der Waals surface area (Å²) in [4.78, 5) is 291. The van der Waals surface area contributed by atoms with E-state index in [2.05, 4.69) is 125 Å². The Morgan fingerprint density at radius 1 is 0.319 bits per heavy atom. The molecule has 0 saturated carbocycles. The number of nitrogens with one attached hydrogen (secondary N) is 19. The minimum atomic E-state index is -1.98. The molecule has 144 heavy (non-hydrogen) atoms. The van der Waals surface area contributed by atoms with Crippen molar-refractivity contribution in [3.63, 3.8) is 0 Å². The van der Waals surface area contributed by atoms with E-state index in [9.17, 15) is 102 Å². The van der Waals surface area contributed by atoms with E-state index in [4.69, 9.17) is 22.9 Å². The number of primary amides is 3. The second-order valence-corrected chi connectivity index (χ2v) is 37.6. The first-order valence-electron chi connectivity index (χ1n) is 46.8. The molecule has 0 saturated heterocycles. The van der Waals surface area contributed by atoms with E-state index in [0.717, 1.165) is 6.92 Å². The number of amides is 18. The van der Waals surface area contributed by atoms with Gasteiger partial charge in [0.1, 0.15) is 84.6 Å². The number of aliphatic carboxylic acids is 2. The van der Waals surface area contributed by atoms with Gasteiger partial charge in [-0.1, -0.05) is 128 Å². The number of thiol groups is 2. The zero-order valence-electron chi connectivity index (χ0n) is 80.9.